The molecule has 2 saturated heterocycles. The van der Waals surface area contributed by atoms with Crippen molar-refractivity contribution in [1.82, 2.24) is 9.88 Å². The first-order valence-electron chi connectivity index (χ1n) is 7.81. The number of aromatic nitrogens is 1. The Kier molecular flexibility index (Phi) is 4.34. The number of piperidine rings is 1. The average Bonchev–Trinajstić information content (AvgIpc) is 2.97. The highest BCUT2D eigenvalue weighted by molar-refractivity contribution is 6.04. The fourth-order valence-electron chi connectivity index (χ4n) is 3.94. The predicted octanol–water partition coefficient (Wildman–Crippen LogP) is 3.51. The molecule has 4 rings (SSSR count). The van der Waals surface area contributed by atoms with E-state index in [1.807, 2.05) is 0 Å². The lowest BCUT2D eigenvalue weighted by atomic mass is 10.0. The van der Waals surface area contributed by atoms with Crippen LogP contribution in [0.15, 0.2) is 24.4 Å². The van der Waals surface area contributed by atoms with Gasteiger partial charge in [0, 0.05) is 42.0 Å². The molecule has 1 aromatic carbocycles. The van der Waals surface area contributed by atoms with Gasteiger partial charge in [-0.3, -0.25) is 0 Å². The van der Waals surface area contributed by atoms with E-state index in [-0.39, 0.29) is 30.3 Å². The minimum Gasteiger partial charge on any atom is -0.459 e. The molecule has 2 aliphatic rings. The third-order valence-corrected chi connectivity index (χ3v) is 5.19. The summed E-state index contributed by atoms with van der Waals surface area (Å²) < 4.78 is 18.9. The summed E-state index contributed by atoms with van der Waals surface area (Å²) in [6, 6.07) is 5.45. The van der Waals surface area contributed by atoms with Gasteiger partial charge >= 0.3 is 5.97 Å². The van der Waals surface area contributed by atoms with Crippen LogP contribution in [0.2, 0.25) is 0 Å². The van der Waals surface area contributed by atoms with Gasteiger partial charge in [0.2, 0.25) is 0 Å². The second-order valence-electron chi connectivity index (χ2n) is 6.44. The van der Waals surface area contributed by atoms with Gasteiger partial charge in [0.15, 0.2) is 0 Å². The molecule has 0 saturated carbocycles. The van der Waals surface area contributed by atoms with E-state index in [1.165, 1.54) is 25.0 Å². The van der Waals surface area contributed by atoms with E-state index in [0.717, 1.165) is 12.8 Å². The number of nitrogens with one attached hydrogen (secondary N) is 1. The molecule has 0 aliphatic carbocycles. The second-order valence-corrected chi connectivity index (χ2v) is 6.44. The maximum Gasteiger partial charge on any atom is 0.340 e. The summed E-state index contributed by atoms with van der Waals surface area (Å²) in [7, 11) is 2.16. The fraction of sp³-hybridized carbons (Fsp3) is 0.471. The van der Waals surface area contributed by atoms with Crippen LogP contribution in [0.1, 0.15) is 36.0 Å². The number of H-pyrrole nitrogens is 1. The largest absolute Gasteiger partial charge is 0.459 e. The molecule has 2 aliphatic heterocycles. The number of halogens is 2. The van der Waals surface area contributed by atoms with E-state index in [9.17, 15) is 9.18 Å². The van der Waals surface area contributed by atoms with Gasteiger partial charge in [0.05, 0.1) is 5.56 Å². The number of carbonyl (C=O) groups is 1. The number of aromatic amines is 1. The number of hydrogen-bond donors (Lipinski definition) is 1. The SMILES string of the molecule is CN1C2CCC1CC(OC(=O)c1c[nH]c3cc(F)ccc13)C2.Cl. The summed E-state index contributed by atoms with van der Waals surface area (Å²) in [4.78, 5) is 17.8. The maximum absolute atomic E-state index is 13.2. The van der Waals surface area contributed by atoms with E-state index >= 15 is 0 Å². The molecule has 124 valence electrons. The van der Waals surface area contributed by atoms with Crippen LogP contribution in [-0.4, -0.2) is 41.1 Å². The molecule has 4 nitrogen and oxygen atoms in total. The lowest BCUT2D eigenvalue weighted by Gasteiger charge is -2.35. The Hall–Kier alpha value is -1.59. The van der Waals surface area contributed by atoms with Gasteiger partial charge in [-0.2, -0.15) is 0 Å². The zero-order valence-corrected chi connectivity index (χ0v) is 13.7. The molecule has 2 bridgehead atoms. The number of esters is 1. The van der Waals surface area contributed by atoms with Crippen molar-refractivity contribution in [3.8, 4) is 0 Å². The Morgan fingerprint density at radius 1 is 1.30 bits per heavy atom. The molecule has 2 fully saturated rings. The van der Waals surface area contributed by atoms with Gasteiger partial charge < -0.3 is 14.6 Å². The molecule has 2 aromatic rings. The minimum atomic E-state index is -0.318. The summed E-state index contributed by atoms with van der Waals surface area (Å²) in [6.07, 6.45) is 5.82. The van der Waals surface area contributed by atoms with Crippen LogP contribution in [0.25, 0.3) is 10.9 Å². The topological polar surface area (TPSA) is 45.3 Å². The summed E-state index contributed by atoms with van der Waals surface area (Å²) in [5.41, 5.74) is 1.11. The molecule has 3 heterocycles. The van der Waals surface area contributed by atoms with Crippen molar-refractivity contribution in [2.75, 3.05) is 7.05 Å². The Bertz CT molecular complexity index is 718. The van der Waals surface area contributed by atoms with Crippen molar-refractivity contribution in [2.24, 2.45) is 0 Å². The van der Waals surface area contributed by atoms with Crippen LogP contribution >= 0.6 is 12.4 Å². The third kappa shape index (κ3) is 2.83. The average molecular weight is 339 g/mol. The van der Waals surface area contributed by atoms with Gasteiger partial charge in [0.25, 0.3) is 0 Å². The van der Waals surface area contributed by atoms with E-state index in [2.05, 4.69) is 16.9 Å². The monoisotopic (exact) mass is 338 g/mol. The number of hydrogen-bond acceptors (Lipinski definition) is 3. The van der Waals surface area contributed by atoms with E-state index in [0.29, 0.717) is 28.6 Å². The lowest BCUT2D eigenvalue weighted by Crippen LogP contribution is -2.43. The molecule has 0 spiro atoms. The molecule has 1 aromatic heterocycles. The van der Waals surface area contributed by atoms with Crippen LogP contribution in [0.4, 0.5) is 4.39 Å². The lowest BCUT2D eigenvalue weighted by molar-refractivity contribution is -0.000260. The van der Waals surface area contributed by atoms with Gasteiger partial charge in [-0.15, -0.1) is 12.4 Å². The molecule has 2 atom stereocenters. The van der Waals surface area contributed by atoms with Crippen molar-refractivity contribution in [1.29, 1.82) is 0 Å². The molecule has 1 N–H and O–H groups in total. The standard InChI is InChI=1S/C17H19FN2O2.ClH/c1-20-11-3-4-12(20)8-13(7-11)22-17(21)15-9-19-16-6-10(18)2-5-14(15)16;/h2,5-6,9,11-13,19H,3-4,7-8H2,1H3;1H. The number of ether oxygens (including phenoxy) is 1. The minimum absolute atomic E-state index is 0. The molecular formula is C17H20ClFN2O2. The number of rotatable bonds is 2. The quantitative estimate of drug-likeness (QED) is 0.852. The van der Waals surface area contributed by atoms with Gasteiger partial charge in [-0.1, -0.05) is 0 Å². The zero-order valence-electron chi connectivity index (χ0n) is 12.9. The Morgan fingerprint density at radius 3 is 2.70 bits per heavy atom. The van der Waals surface area contributed by atoms with Crippen molar-refractivity contribution in [3.63, 3.8) is 0 Å². The number of benzene rings is 1. The van der Waals surface area contributed by atoms with Gasteiger partial charge in [-0.05, 0) is 38.1 Å². The summed E-state index contributed by atoms with van der Waals surface area (Å²) >= 11 is 0. The normalized spacial score (nSPS) is 27.0. The zero-order chi connectivity index (χ0) is 15.3. The van der Waals surface area contributed by atoms with Crippen molar-refractivity contribution in [2.45, 2.75) is 43.9 Å². The van der Waals surface area contributed by atoms with E-state index in [1.54, 1.807) is 12.3 Å². The first-order valence-corrected chi connectivity index (χ1v) is 7.81. The van der Waals surface area contributed by atoms with Crippen molar-refractivity contribution >= 4 is 29.3 Å². The van der Waals surface area contributed by atoms with E-state index in [4.69, 9.17) is 4.74 Å². The van der Waals surface area contributed by atoms with Crippen LogP contribution in [0.3, 0.4) is 0 Å². The predicted molar refractivity (Wildman–Crippen MR) is 88.5 cm³/mol. The Balaban J connectivity index is 0.00000156. The molecule has 23 heavy (non-hydrogen) atoms. The molecule has 6 heteroatoms. The number of fused-ring (bicyclic) bond motifs is 3. The van der Waals surface area contributed by atoms with Crippen molar-refractivity contribution in [3.05, 3.63) is 35.8 Å². The molecule has 0 amide bonds. The highest BCUT2D eigenvalue weighted by Crippen LogP contribution is 2.36. The van der Waals surface area contributed by atoms with E-state index < -0.39 is 0 Å². The Morgan fingerprint density at radius 2 is 2.00 bits per heavy atom. The first-order chi connectivity index (χ1) is 10.6. The highest BCUT2D eigenvalue weighted by Gasteiger charge is 2.40. The third-order valence-electron chi connectivity index (χ3n) is 5.19. The number of carbonyl (C=O) groups excluding carboxylic acids is 1. The summed E-state index contributed by atoms with van der Waals surface area (Å²) in [6.45, 7) is 0. The van der Waals surface area contributed by atoms with Crippen LogP contribution < -0.4 is 0 Å². The first kappa shape index (κ1) is 16.3. The fourth-order valence-corrected chi connectivity index (χ4v) is 3.94. The summed E-state index contributed by atoms with van der Waals surface area (Å²) in [5, 5.41) is 0.710. The van der Waals surface area contributed by atoms with Gasteiger partial charge in [-0.25, -0.2) is 9.18 Å². The molecular weight excluding hydrogens is 319 g/mol. The van der Waals surface area contributed by atoms with Gasteiger partial charge in [0.1, 0.15) is 11.9 Å². The maximum atomic E-state index is 13.2. The second kappa shape index (κ2) is 6.13. The van der Waals surface area contributed by atoms with Crippen LogP contribution in [-0.2, 0) is 4.74 Å². The highest BCUT2D eigenvalue weighted by atomic mass is 35.5. The Labute approximate surface area is 140 Å². The number of nitrogens with zero attached hydrogens (tertiary/aromatic N) is 1. The van der Waals surface area contributed by atoms with Crippen molar-refractivity contribution < 1.29 is 13.9 Å². The molecule has 2 unspecified atom stereocenters. The van der Waals surface area contributed by atoms with Crippen LogP contribution in [0, 0.1) is 5.82 Å². The smallest absolute Gasteiger partial charge is 0.340 e. The van der Waals surface area contributed by atoms with Crippen LogP contribution in [0.5, 0.6) is 0 Å². The molecule has 0 radical (unpaired) electrons. The summed E-state index contributed by atoms with van der Waals surface area (Å²) in [5.74, 6) is -0.632.